The van der Waals surface area contributed by atoms with Gasteiger partial charge in [-0.1, -0.05) is 48.2 Å². The van der Waals surface area contributed by atoms with E-state index in [-0.39, 0.29) is 4.75 Å². The van der Waals surface area contributed by atoms with E-state index in [0.717, 1.165) is 29.2 Å². The largest absolute Gasteiger partial charge is 0.373 e. The summed E-state index contributed by atoms with van der Waals surface area (Å²) in [5, 5.41) is 8.02. The number of halogens is 1. The number of anilines is 1. The van der Waals surface area contributed by atoms with Gasteiger partial charge in [0.05, 0.1) is 11.3 Å². The monoisotopic (exact) mass is 414 g/mol. The summed E-state index contributed by atoms with van der Waals surface area (Å²) < 4.78 is 5.64. The van der Waals surface area contributed by atoms with E-state index >= 15 is 0 Å². The molecule has 4 rings (SSSR count). The van der Waals surface area contributed by atoms with Gasteiger partial charge in [-0.25, -0.2) is 4.98 Å². The number of pyridine rings is 1. The van der Waals surface area contributed by atoms with Crippen LogP contribution in [0.25, 0.3) is 11.4 Å². The average molecular weight is 415 g/mol. The zero-order valence-electron chi connectivity index (χ0n) is 15.8. The maximum atomic E-state index is 6.10. The molecule has 2 aromatic heterocycles. The third-order valence-corrected chi connectivity index (χ3v) is 7.10. The van der Waals surface area contributed by atoms with Gasteiger partial charge < -0.3 is 9.84 Å². The van der Waals surface area contributed by atoms with E-state index in [0.29, 0.717) is 17.5 Å². The first-order chi connectivity index (χ1) is 13.7. The molecule has 1 aliphatic carbocycles. The molecule has 0 bridgehead atoms. The average Bonchev–Trinajstić information content (AvgIpc) is 3.22. The molecule has 0 saturated heterocycles. The van der Waals surface area contributed by atoms with Crippen LogP contribution in [0.4, 0.5) is 5.82 Å². The van der Waals surface area contributed by atoms with Gasteiger partial charge in [0.15, 0.2) is 0 Å². The van der Waals surface area contributed by atoms with Crippen LogP contribution in [0.2, 0.25) is 5.02 Å². The number of aromatic nitrogens is 3. The number of thioether (sulfide) groups is 1. The lowest BCUT2D eigenvalue weighted by molar-refractivity contribution is 0.386. The van der Waals surface area contributed by atoms with E-state index in [2.05, 4.69) is 32.6 Å². The minimum atomic E-state index is 0.0852. The summed E-state index contributed by atoms with van der Waals surface area (Å²) in [6.07, 6.45) is 7.84. The highest BCUT2D eigenvalue weighted by molar-refractivity contribution is 7.99. The second kappa shape index (κ2) is 8.53. The summed E-state index contributed by atoms with van der Waals surface area (Å²) in [6.45, 7) is 0. The van der Waals surface area contributed by atoms with E-state index in [4.69, 9.17) is 16.1 Å². The maximum Gasteiger partial charge on any atom is 0.236 e. The zero-order chi connectivity index (χ0) is 19.4. The minimum Gasteiger partial charge on any atom is -0.373 e. The third kappa shape index (κ3) is 4.03. The van der Waals surface area contributed by atoms with Crippen molar-refractivity contribution < 1.29 is 4.52 Å². The molecule has 0 amide bonds. The number of rotatable bonds is 6. The molecular weight excluding hydrogens is 392 g/mol. The quantitative estimate of drug-likeness (QED) is 0.540. The van der Waals surface area contributed by atoms with Crippen molar-refractivity contribution in [2.75, 3.05) is 12.4 Å². The third-order valence-electron chi connectivity index (χ3n) is 5.26. The van der Waals surface area contributed by atoms with Crippen molar-refractivity contribution in [3.8, 4) is 11.4 Å². The van der Waals surface area contributed by atoms with Crippen LogP contribution in [0.1, 0.15) is 43.6 Å². The van der Waals surface area contributed by atoms with E-state index in [1.807, 2.05) is 43.1 Å². The molecule has 1 N–H and O–H groups in total. The second-order valence-electron chi connectivity index (χ2n) is 7.01. The highest BCUT2D eigenvalue weighted by Crippen LogP contribution is 2.49. The van der Waals surface area contributed by atoms with Gasteiger partial charge >= 0.3 is 0 Å². The normalized spacial score (nSPS) is 16.1. The highest BCUT2D eigenvalue weighted by atomic mass is 35.5. The van der Waals surface area contributed by atoms with Crippen molar-refractivity contribution in [3.05, 3.63) is 59.1 Å². The van der Waals surface area contributed by atoms with Crippen molar-refractivity contribution in [3.63, 3.8) is 0 Å². The summed E-state index contributed by atoms with van der Waals surface area (Å²) in [4.78, 5) is 8.92. The standard InChI is InChI=1S/C21H23ClN4OS/c1-23-19-17(6-5-13-24-19)20-25-18(27-26-20)14-28-21(11-3-2-4-12-21)15-7-9-16(22)10-8-15/h5-10,13H,2-4,11-12,14H2,1H3,(H,23,24). The molecule has 0 unspecified atom stereocenters. The van der Waals surface area contributed by atoms with Crippen LogP contribution >= 0.6 is 23.4 Å². The molecule has 0 aliphatic heterocycles. The Labute approximate surface area is 174 Å². The van der Waals surface area contributed by atoms with Gasteiger partial charge in [-0.05, 0) is 42.7 Å². The van der Waals surface area contributed by atoms with Crippen LogP contribution in [-0.4, -0.2) is 22.2 Å². The maximum absolute atomic E-state index is 6.10. The number of benzene rings is 1. The van der Waals surface area contributed by atoms with Crippen LogP contribution in [0.3, 0.4) is 0 Å². The van der Waals surface area contributed by atoms with Gasteiger partial charge in [-0.15, -0.1) is 11.8 Å². The van der Waals surface area contributed by atoms with Crippen molar-refractivity contribution in [2.24, 2.45) is 0 Å². The Kier molecular flexibility index (Phi) is 5.87. The highest BCUT2D eigenvalue weighted by Gasteiger charge is 2.35. The Morgan fingerprint density at radius 1 is 1.14 bits per heavy atom. The molecule has 1 aromatic carbocycles. The fourth-order valence-corrected chi connectivity index (χ4v) is 5.32. The van der Waals surface area contributed by atoms with E-state index in [1.54, 1.807) is 6.20 Å². The Hall–Kier alpha value is -2.05. The molecular formula is C21H23ClN4OS. The Bertz CT molecular complexity index is 922. The smallest absolute Gasteiger partial charge is 0.236 e. The fourth-order valence-electron chi connectivity index (χ4n) is 3.80. The van der Waals surface area contributed by atoms with Crippen LogP contribution in [0, 0.1) is 0 Å². The molecule has 3 aromatic rings. The van der Waals surface area contributed by atoms with Gasteiger partial charge in [-0.2, -0.15) is 4.98 Å². The molecule has 28 heavy (non-hydrogen) atoms. The first-order valence-electron chi connectivity index (χ1n) is 9.56. The molecule has 0 atom stereocenters. The van der Waals surface area contributed by atoms with Crippen molar-refractivity contribution in [1.82, 2.24) is 15.1 Å². The van der Waals surface area contributed by atoms with Gasteiger partial charge in [0, 0.05) is 23.0 Å². The lowest BCUT2D eigenvalue weighted by atomic mass is 9.83. The molecule has 146 valence electrons. The Morgan fingerprint density at radius 3 is 2.68 bits per heavy atom. The Morgan fingerprint density at radius 2 is 1.93 bits per heavy atom. The first kappa shape index (κ1) is 19.3. The zero-order valence-corrected chi connectivity index (χ0v) is 17.4. The molecule has 0 radical (unpaired) electrons. The molecule has 5 nitrogen and oxygen atoms in total. The second-order valence-corrected chi connectivity index (χ2v) is 8.81. The molecule has 2 heterocycles. The summed E-state index contributed by atoms with van der Waals surface area (Å²) in [6, 6.07) is 12.1. The van der Waals surface area contributed by atoms with E-state index < -0.39 is 0 Å². The summed E-state index contributed by atoms with van der Waals surface area (Å²) in [5.41, 5.74) is 2.18. The van der Waals surface area contributed by atoms with Crippen LogP contribution < -0.4 is 5.32 Å². The Balaban J connectivity index is 1.54. The summed E-state index contributed by atoms with van der Waals surface area (Å²) >= 11 is 8.01. The molecule has 1 saturated carbocycles. The van der Waals surface area contributed by atoms with Crippen molar-refractivity contribution in [2.45, 2.75) is 42.6 Å². The predicted molar refractivity (Wildman–Crippen MR) is 115 cm³/mol. The van der Waals surface area contributed by atoms with Gasteiger partial charge in [-0.3, -0.25) is 0 Å². The number of hydrogen-bond donors (Lipinski definition) is 1. The molecule has 1 fully saturated rings. The summed E-state index contributed by atoms with van der Waals surface area (Å²) in [5.74, 6) is 2.64. The first-order valence-corrected chi connectivity index (χ1v) is 10.9. The van der Waals surface area contributed by atoms with Crippen molar-refractivity contribution in [1.29, 1.82) is 0 Å². The van der Waals surface area contributed by atoms with Gasteiger partial charge in [0.2, 0.25) is 11.7 Å². The van der Waals surface area contributed by atoms with Crippen LogP contribution in [0.5, 0.6) is 0 Å². The van der Waals surface area contributed by atoms with Gasteiger partial charge in [0.25, 0.3) is 0 Å². The number of nitrogens with one attached hydrogen (secondary N) is 1. The topological polar surface area (TPSA) is 63.8 Å². The van der Waals surface area contributed by atoms with Crippen molar-refractivity contribution >= 4 is 29.2 Å². The minimum absolute atomic E-state index is 0.0852. The predicted octanol–water partition coefficient (Wildman–Crippen LogP) is 5.92. The van der Waals surface area contributed by atoms with E-state index in [9.17, 15) is 0 Å². The lowest BCUT2D eigenvalue weighted by Gasteiger charge is -2.37. The lowest BCUT2D eigenvalue weighted by Crippen LogP contribution is -2.25. The number of nitrogens with zero attached hydrogens (tertiary/aromatic N) is 3. The fraction of sp³-hybridized carbons (Fsp3) is 0.381. The van der Waals surface area contributed by atoms with E-state index in [1.165, 1.54) is 24.8 Å². The van der Waals surface area contributed by atoms with Crippen LogP contribution in [0.15, 0.2) is 47.1 Å². The SMILES string of the molecule is CNc1ncccc1-c1noc(CSC2(c3ccc(Cl)cc3)CCCCC2)n1. The van der Waals surface area contributed by atoms with Crippen LogP contribution in [-0.2, 0) is 10.5 Å². The molecule has 1 aliphatic rings. The van der Waals surface area contributed by atoms with Gasteiger partial charge in [0.1, 0.15) is 5.82 Å². The summed E-state index contributed by atoms with van der Waals surface area (Å²) in [7, 11) is 1.83. The molecule has 7 heteroatoms. The number of hydrogen-bond acceptors (Lipinski definition) is 6. The molecule has 0 spiro atoms.